The number of ether oxygens (including phenoxy) is 2. The van der Waals surface area contributed by atoms with E-state index in [4.69, 9.17) is 9.47 Å². The molecule has 1 aliphatic rings. The molecular weight excluding hydrogens is 344 g/mol. The van der Waals surface area contributed by atoms with Crippen LogP contribution in [-0.2, 0) is 9.47 Å². The van der Waals surface area contributed by atoms with Crippen LogP contribution in [0.15, 0.2) is 11.0 Å². The fourth-order valence-electron chi connectivity index (χ4n) is 2.54. The van der Waals surface area contributed by atoms with Crippen molar-refractivity contribution in [3.63, 3.8) is 0 Å². The topological polar surface area (TPSA) is 147 Å². The van der Waals surface area contributed by atoms with E-state index >= 15 is 0 Å². The SMILES string of the molecule is CCCCCOC(=O)Nc1nc(=O)n([C@@H]2O[C@H](C)C(O)C2O)cc1C#N. The predicted molar refractivity (Wildman–Crippen MR) is 89.3 cm³/mol. The number of aromatic nitrogens is 2. The molecule has 1 aromatic rings. The number of rotatable bonds is 6. The van der Waals surface area contributed by atoms with Gasteiger partial charge >= 0.3 is 11.8 Å². The Balaban J connectivity index is 2.16. The summed E-state index contributed by atoms with van der Waals surface area (Å²) in [5.41, 5.74) is -0.962. The molecule has 0 spiro atoms. The van der Waals surface area contributed by atoms with Crippen molar-refractivity contribution >= 4 is 11.9 Å². The third kappa shape index (κ3) is 4.37. The van der Waals surface area contributed by atoms with Gasteiger partial charge in [0.2, 0.25) is 0 Å². The number of aliphatic hydroxyl groups is 2. The molecule has 3 N–H and O–H groups in total. The number of nitrogens with zero attached hydrogens (tertiary/aromatic N) is 3. The van der Waals surface area contributed by atoms with Crippen molar-refractivity contribution in [3.05, 3.63) is 22.2 Å². The first-order chi connectivity index (χ1) is 12.4. The van der Waals surface area contributed by atoms with Gasteiger partial charge in [0.25, 0.3) is 0 Å². The molecule has 4 atom stereocenters. The number of amides is 1. The zero-order valence-corrected chi connectivity index (χ0v) is 14.6. The van der Waals surface area contributed by atoms with Gasteiger partial charge < -0.3 is 19.7 Å². The highest BCUT2D eigenvalue weighted by Gasteiger charge is 2.42. The number of carbonyl (C=O) groups excluding carboxylic acids is 1. The van der Waals surface area contributed by atoms with Crippen LogP contribution in [0, 0.1) is 11.3 Å². The summed E-state index contributed by atoms with van der Waals surface area (Å²) in [6.45, 7) is 3.78. The summed E-state index contributed by atoms with van der Waals surface area (Å²) in [5.74, 6) is -0.240. The Kier molecular flexibility index (Phi) is 6.68. The van der Waals surface area contributed by atoms with Gasteiger partial charge in [-0.25, -0.2) is 9.59 Å². The third-order valence-corrected chi connectivity index (χ3v) is 4.02. The molecule has 10 heteroatoms. The van der Waals surface area contributed by atoms with Crippen molar-refractivity contribution in [1.29, 1.82) is 5.26 Å². The number of nitriles is 1. The van der Waals surface area contributed by atoms with Gasteiger partial charge in [-0.15, -0.1) is 0 Å². The van der Waals surface area contributed by atoms with Crippen molar-refractivity contribution in [1.82, 2.24) is 9.55 Å². The zero-order valence-electron chi connectivity index (χ0n) is 14.6. The van der Waals surface area contributed by atoms with Crippen LogP contribution in [0.4, 0.5) is 10.6 Å². The van der Waals surface area contributed by atoms with Crippen LogP contribution in [0.2, 0.25) is 0 Å². The lowest BCUT2D eigenvalue weighted by Crippen LogP contribution is -2.36. The Hall–Kier alpha value is -2.48. The van der Waals surface area contributed by atoms with Gasteiger partial charge in [-0.1, -0.05) is 19.8 Å². The molecule has 2 rings (SSSR count). The maximum Gasteiger partial charge on any atom is 0.412 e. The lowest BCUT2D eigenvalue weighted by molar-refractivity contribution is -0.0350. The second kappa shape index (κ2) is 8.75. The van der Waals surface area contributed by atoms with Gasteiger partial charge in [0.1, 0.15) is 23.8 Å². The van der Waals surface area contributed by atoms with Gasteiger partial charge in [0.05, 0.1) is 12.7 Å². The average Bonchev–Trinajstić information content (AvgIpc) is 2.86. The Morgan fingerprint density at radius 2 is 2.19 bits per heavy atom. The fourth-order valence-corrected chi connectivity index (χ4v) is 2.54. The van der Waals surface area contributed by atoms with Crippen molar-refractivity contribution < 1.29 is 24.5 Å². The second-order valence-electron chi connectivity index (χ2n) is 5.99. The molecule has 1 fully saturated rings. The highest BCUT2D eigenvalue weighted by Crippen LogP contribution is 2.28. The van der Waals surface area contributed by atoms with Crippen molar-refractivity contribution in [2.24, 2.45) is 0 Å². The van der Waals surface area contributed by atoms with Crippen LogP contribution < -0.4 is 11.0 Å². The number of anilines is 1. The predicted octanol–water partition coefficient (Wildman–Crippen LogP) is 0.493. The molecule has 10 nitrogen and oxygen atoms in total. The fraction of sp³-hybridized carbons (Fsp3) is 0.625. The minimum absolute atomic E-state index is 0.111. The van der Waals surface area contributed by atoms with Gasteiger partial charge in [-0.05, 0) is 13.3 Å². The molecule has 0 saturated carbocycles. The maximum absolute atomic E-state index is 12.2. The van der Waals surface area contributed by atoms with E-state index in [1.807, 2.05) is 13.0 Å². The van der Waals surface area contributed by atoms with E-state index in [2.05, 4.69) is 10.3 Å². The van der Waals surface area contributed by atoms with E-state index in [1.165, 1.54) is 0 Å². The summed E-state index contributed by atoms with van der Waals surface area (Å²) < 4.78 is 11.2. The van der Waals surface area contributed by atoms with Gasteiger partial charge in [0, 0.05) is 6.20 Å². The van der Waals surface area contributed by atoms with Gasteiger partial charge in [-0.2, -0.15) is 10.2 Å². The largest absolute Gasteiger partial charge is 0.449 e. The normalized spacial score (nSPS) is 24.9. The Bertz CT molecular complexity index is 743. The highest BCUT2D eigenvalue weighted by atomic mass is 16.6. The summed E-state index contributed by atoms with van der Waals surface area (Å²) in [4.78, 5) is 27.6. The van der Waals surface area contributed by atoms with Crippen molar-refractivity contribution in [3.8, 4) is 6.07 Å². The summed E-state index contributed by atoms with van der Waals surface area (Å²) >= 11 is 0. The van der Waals surface area contributed by atoms with Crippen LogP contribution in [0.5, 0.6) is 0 Å². The molecule has 26 heavy (non-hydrogen) atoms. The molecule has 1 aliphatic heterocycles. The van der Waals surface area contributed by atoms with Crippen molar-refractivity contribution in [2.75, 3.05) is 11.9 Å². The molecule has 0 radical (unpaired) electrons. The van der Waals surface area contributed by atoms with Crippen LogP contribution in [-0.4, -0.2) is 50.8 Å². The first kappa shape index (κ1) is 19.8. The van der Waals surface area contributed by atoms with Gasteiger partial charge in [0.15, 0.2) is 12.0 Å². The summed E-state index contributed by atoms with van der Waals surface area (Å²) in [6.07, 6.45) is -1.49. The first-order valence-electron chi connectivity index (χ1n) is 8.37. The number of hydrogen-bond acceptors (Lipinski definition) is 8. The number of hydrogen-bond donors (Lipinski definition) is 3. The van der Waals surface area contributed by atoms with E-state index in [1.54, 1.807) is 6.92 Å². The molecule has 142 valence electrons. The molecule has 0 aliphatic carbocycles. The zero-order chi connectivity index (χ0) is 19.3. The Morgan fingerprint density at radius 1 is 1.46 bits per heavy atom. The molecule has 1 aromatic heterocycles. The lowest BCUT2D eigenvalue weighted by Gasteiger charge is -2.18. The van der Waals surface area contributed by atoms with E-state index in [0.717, 1.165) is 23.6 Å². The third-order valence-electron chi connectivity index (χ3n) is 4.02. The van der Waals surface area contributed by atoms with Crippen molar-refractivity contribution in [2.45, 2.75) is 57.6 Å². The minimum Gasteiger partial charge on any atom is -0.449 e. The maximum atomic E-state index is 12.2. The quantitative estimate of drug-likeness (QED) is 0.616. The molecule has 2 heterocycles. The molecular formula is C16H22N4O6. The second-order valence-corrected chi connectivity index (χ2v) is 5.99. The molecule has 1 amide bonds. The average molecular weight is 366 g/mol. The van der Waals surface area contributed by atoms with Gasteiger partial charge in [-0.3, -0.25) is 9.88 Å². The monoisotopic (exact) mass is 366 g/mol. The highest BCUT2D eigenvalue weighted by molar-refractivity contribution is 5.84. The Morgan fingerprint density at radius 3 is 2.77 bits per heavy atom. The van der Waals surface area contributed by atoms with E-state index in [9.17, 15) is 25.1 Å². The summed E-state index contributed by atoms with van der Waals surface area (Å²) in [7, 11) is 0. The number of nitrogens with one attached hydrogen (secondary N) is 1. The van der Waals surface area contributed by atoms with E-state index in [-0.39, 0.29) is 18.0 Å². The molecule has 2 unspecified atom stereocenters. The van der Waals surface area contributed by atoms with E-state index in [0.29, 0.717) is 6.42 Å². The lowest BCUT2D eigenvalue weighted by atomic mass is 10.1. The number of carbonyl (C=O) groups is 1. The summed E-state index contributed by atoms with van der Waals surface area (Å²) in [6, 6.07) is 1.81. The number of aliphatic hydroxyl groups excluding tert-OH is 2. The van der Waals surface area contributed by atoms with E-state index < -0.39 is 36.3 Å². The number of unbranched alkanes of at least 4 members (excludes halogenated alkanes) is 2. The summed E-state index contributed by atoms with van der Waals surface area (Å²) in [5, 5.41) is 31.3. The minimum atomic E-state index is -1.35. The molecule has 1 saturated heterocycles. The van der Waals surface area contributed by atoms with Crippen LogP contribution in [0.25, 0.3) is 0 Å². The molecule has 0 aromatic carbocycles. The van der Waals surface area contributed by atoms with Crippen LogP contribution in [0.1, 0.15) is 44.9 Å². The molecule has 0 bridgehead atoms. The smallest absolute Gasteiger partial charge is 0.412 e. The standard InChI is InChI=1S/C16H22N4O6/c1-3-4-5-6-25-16(24)19-13-10(7-17)8-20(15(23)18-13)14-12(22)11(21)9(2)26-14/h8-9,11-12,14,21-22H,3-6H2,1-2H3,(H,18,19,23,24)/t9-,11?,12?,14-/m1/s1. The Labute approximate surface area is 150 Å². The van der Waals surface area contributed by atoms with Crippen LogP contribution in [0.3, 0.4) is 0 Å². The van der Waals surface area contributed by atoms with Crippen LogP contribution >= 0.6 is 0 Å². The first-order valence-corrected chi connectivity index (χ1v) is 8.37.